The normalized spacial score (nSPS) is 13.0. The van der Waals surface area contributed by atoms with Crippen LogP contribution in [0.5, 0.6) is 5.75 Å². The maximum absolute atomic E-state index is 12.5. The standard InChI is InChI=1S/C36H52O5/c1-8-10-11-14-26-16-19-31(28(9-2)21-26)33-22-29-17-18-30(23-32(29)41-33)40-25-27(24-37)15-12-13-20-39-34(38)36(6,7)35(3,4)5/h16-19,21-23,27,37H,8-15,20,24-25H2,1-7H3. The van der Waals surface area contributed by atoms with Crippen LogP contribution in [0.4, 0.5) is 0 Å². The molecule has 0 saturated heterocycles. The van der Waals surface area contributed by atoms with Crippen molar-refractivity contribution < 1.29 is 23.8 Å². The highest BCUT2D eigenvalue weighted by Crippen LogP contribution is 2.39. The summed E-state index contributed by atoms with van der Waals surface area (Å²) in [5.74, 6) is 1.47. The Morgan fingerprint density at radius 1 is 0.951 bits per heavy atom. The van der Waals surface area contributed by atoms with Gasteiger partial charge in [-0.2, -0.15) is 0 Å². The highest BCUT2D eigenvalue weighted by Gasteiger charge is 2.41. The molecule has 1 heterocycles. The minimum absolute atomic E-state index is 0.0162. The monoisotopic (exact) mass is 564 g/mol. The third-order valence-electron chi connectivity index (χ3n) is 8.75. The second kappa shape index (κ2) is 14.9. The molecule has 5 heteroatoms. The Kier molecular flexibility index (Phi) is 11.9. The number of furan rings is 1. The molecular formula is C36H52O5. The summed E-state index contributed by atoms with van der Waals surface area (Å²) >= 11 is 0. The molecule has 0 aliphatic heterocycles. The molecule has 0 saturated carbocycles. The fourth-order valence-corrected chi connectivity index (χ4v) is 4.78. The van der Waals surface area contributed by atoms with E-state index in [0.29, 0.717) is 13.2 Å². The number of aryl methyl sites for hydroxylation is 2. The van der Waals surface area contributed by atoms with Crippen LogP contribution in [0.15, 0.2) is 46.9 Å². The van der Waals surface area contributed by atoms with Gasteiger partial charge in [-0.25, -0.2) is 0 Å². The third kappa shape index (κ3) is 8.85. The van der Waals surface area contributed by atoms with Crippen LogP contribution >= 0.6 is 0 Å². The lowest BCUT2D eigenvalue weighted by Crippen LogP contribution is -2.39. The summed E-state index contributed by atoms with van der Waals surface area (Å²) in [7, 11) is 0. The van der Waals surface area contributed by atoms with Crippen LogP contribution in [0.25, 0.3) is 22.3 Å². The molecular weight excluding hydrogens is 512 g/mol. The topological polar surface area (TPSA) is 68.9 Å². The van der Waals surface area contributed by atoms with Crippen LogP contribution in [-0.2, 0) is 22.4 Å². The molecule has 5 nitrogen and oxygen atoms in total. The molecule has 3 rings (SSSR count). The average Bonchev–Trinajstić information content (AvgIpc) is 3.37. The van der Waals surface area contributed by atoms with E-state index in [1.54, 1.807) is 0 Å². The number of carbonyl (C=O) groups excluding carboxylic acids is 1. The van der Waals surface area contributed by atoms with Crippen LogP contribution < -0.4 is 4.74 Å². The molecule has 3 aromatic rings. The molecule has 0 radical (unpaired) electrons. The number of hydrogen-bond donors (Lipinski definition) is 1. The van der Waals surface area contributed by atoms with Crippen molar-refractivity contribution in [1.29, 1.82) is 0 Å². The second-order valence-corrected chi connectivity index (χ2v) is 13.0. The lowest BCUT2D eigenvalue weighted by molar-refractivity contribution is -0.160. The molecule has 1 unspecified atom stereocenters. The van der Waals surface area contributed by atoms with E-state index < -0.39 is 5.41 Å². The Morgan fingerprint density at radius 2 is 1.73 bits per heavy atom. The van der Waals surface area contributed by atoms with Crippen molar-refractivity contribution >= 4 is 16.9 Å². The van der Waals surface area contributed by atoms with Gasteiger partial charge >= 0.3 is 5.97 Å². The van der Waals surface area contributed by atoms with E-state index >= 15 is 0 Å². The van der Waals surface area contributed by atoms with Crippen LogP contribution in [0.2, 0.25) is 0 Å². The van der Waals surface area contributed by atoms with Gasteiger partial charge in [0.25, 0.3) is 0 Å². The van der Waals surface area contributed by atoms with Crippen LogP contribution in [0.3, 0.4) is 0 Å². The number of ether oxygens (including phenoxy) is 2. The van der Waals surface area contributed by atoms with Crippen LogP contribution in [0.1, 0.15) is 98.1 Å². The zero-order valence-corrected chi connectivity index (χ0v) is 26.5. The highest BCUT2D eigenvalue weighted by molar-refractivity contribution is 5.84. The summed E-state index contributed by atoms with van der Waals surface area (Å²) in [4.78, 5) is 12.5. The van der Waals surface area contributed by atoms with Gasteiger partial charge in [0.05, 0.1) is 18.6 Å². The highest BCUT2D eigenvalue weighted by atomic mass is 16.5. The Morgan fingerprint density at radius 3 is 2.41 bits per heavy atom. The van der Waals surface area contributed by atoms with Crippen molar-refractivity contribution in [3.05, 3.63) is 53.6 Å². The number of aliphatic hydroxyl groups excluding tert-OH is 1. The van der Waals surface area contributed by atoms with E-state index in [1.165, 1.54) is 30.4 Å². The third-order valence-corrected chi connectivity index (χ3v) is 8.75. The molecule has 0 fully saturated rings. The zero-order chi connectivity index (χ0) is 30.0. The van der Waals surface area contributed by atoms with Gasteiger partial charge < -0.3 is 19.0 Å². The molecule has 2 aromatic carbocycles. The SMILES string of the molecule is CCCCCc1ccc(-c2cc3ccc(OCC(CO)CCCCOC(=O)C(C)(C)C(C)(C)C)cc3o2)c(CC)c1. The fraction of sp³-hybridized carbons (Fsp3) is 0.583. The summed E-state index contributed by atoms with van der Waals surface area (Å²) < 4.78 is 17.9. The minimum Gasteiger partial charge on any atom is -0.493 e. The number of esters is 1. The fourth-order valence-electron chi connectivity index (χ4n) is 4.78. The molecule has 1 atom stereocenters. The minimum atomic E-state index is -0.541. The van der Waals surface area contributed by atoms with E-state index in [0.717, 1.165) is 60.1 Å². The Bertz CT molecular complexity index is 1250. The summed E-state index contributed by atoms with van der Waals surface area (Å²) in [5.41, 5.74) is 3.95. The molecule has 41 heavy (non-hydrogen) atoms. The van der Waals surface area contributed by atoms with Gasteiger partial charge in [0.1, 0.15) is 17.1 Å². The molecule has 226 valence electrons. The first-order valence-electron chi connectivity index (χ1n) is 15.6. The van der Waals surface area contributed by atoms with Gasteiger partial charge in [-0.3, -0.25) is 4.79 Å². The van der Waals surface area contributed by atoms with E-state index in [2.05, 4.69) is 58.9 Å². The van der Waals surface area contributed by atoms with Gasteiger partial charge in [-0.1, -0.05) is 65.7 Å². The summed E-state index contributed by atoms with van der Waals surface area (Å²) in [6.07, 6.45) is 8.25. The molecule has 0 spiro atoms. The molecule has 0 amide bonds. The number of rotatable bonds is 16. The number of unbranched alkanes of at least 4 members (excludes halogenated alkanes) is 3. The Balaban J connectivity index is 1.53. The van der Waals surface area contributed by atoms with Gasteiger partial charge in [-0.05, 0) is 87.1 Å². The molecule has 0 aliphatic rings. The van der Waals surface area contributed by atoms with Gasteiger partial charge in [-0.15, -0.1) is 0 Å². The van der Waals surface area contributed by atoms with Crippen molar-refractivity contribution in [3.63, 3.8) is 0 Å². The lowest BCUT2D eigenvalue weighted by atomic mass is 9.69. The summed E-state index contributed by atoms with van der Waals surface area (Å²) in [5, 5.41) is 10.9. The van der Waals surface area contributed by atoms with Gasteiger partial charge in [0.15, 0.2) is 0 Å². The van der Waals surface area contributed by atoms with E-state index in [-0.39, 0.29) is 23.9 Å². The van der Waals surface area contributed by atoms with Gasteiger partial charge in [0.2, 0.25) is 0 Å². The number of carbonyl (C=O) groups is 1. The van der Waals surface area contributed by atoms with Crippen molar-refractivity contribution in [1.82, 2.24) is 0 Å². The molecule has 1 N–H and O–H groups in total. The predicted molar refractivity (Wildman–Crippen MR) is 168 cm³/mol. The van der Waals surface area contributed by atoms with Crippen LogP contribution in [0, 0.1) is 16.7 Å². The van der Waals surface area contributed by atoms with E-state index in [1.807, 2.05) is 32.0 Å². The Hall–Kier alpha value is -2.79. The largest absolute Gasteiger partial charge is 0.493 e. The summed E-state index contributed by atoms with van der Waals surface area (Å²) in [6.45, 7) is 15.3. The van der Waals surface area contributed by atoms with Crippen molar-refractivity contribution in [2.75, 3.05) is 19.8 Å². The van der Waals surface area contributed by atoms with Crippen molar-refractivity contribution in [2.45, 2.75) is 99.8 Å². The van der Waals surface area contributed by atoms with E-state index in [9.17, 15) is 9.90 Å². The number of benzene rings is 2. The Labute approximate surface area is 247 Å². The van der Waals surface area contributed by atoms with Crippen molar-refractivity contribution in [3.8, 4) is 17.1 Å². The van der Waals surface area contributed by atoms with Gasteiger partial charge in [0, 0.05) is 29.5 Å². The number of aliphatic hydroxyl groups is 1. The second-order valence-electron chi connectivity index (χ2n) is 13.0. The van der Waals surface area contributed by atoms with Crippen molar-refractivity contribution in [2.24, 2.45) is 16.7 Å². The average molecular weight is 565 g/mol. The van der Waals surface area contributed by atoms with Crippen LogP contribution in [-0.4, -0.2) is 30.9 Å². The first-order chi connectivity index (χ1) is 19.5. The number of fused-ring (bicyclic) bond motifs is 1. The first-order valence-corrected chi connectivity index (χ1v) is 15.6. The quantitative estimate of drug-likeness (QED) is 0.139. The number of hydrogen-bond acceptors (Lipinski definition) is 5. The predicted octanol–water partition coefficient (Wildman–Crippen LogP) is 9.17. The molecule has 1 aromatic heterocycles. The lowest BCUT2D eigenvalue weighted by Gasteiger charge is -2.36. The smallest absolute Gasteiger partial charge is 0.312 e. The molecule has 0 aliphatic carbocycles. The maximum Gasteiger partial charge on any atom is 0.312 e. The summed E-state index contributed by atoms with van der Waals surface area (Å²) in [6, 6.07) is 14.8. The zero-order valence-electron chi connectivity index (χ0n) is 26.5. The molecule has 0 bridgehead atoms. The van der Waals surface area contributed by atoms with E-state index in [4.69, 9.17) is 13.9 Å². The first kappa shape index (κ1) is 32.7. The maximum atomic E-state index is 12.5.